The third-order valence-electron chi connectivity index (χ3n) is 4.86. The Labute approximate surface area is 205 Å². The Hall–Kier alpha value is -3.73. The van der Waals surface area contributed by atoms with Crippen LogP contribution >= 0.6 is 28.1 Å². The highest BCUT2D eigenvalue weighted by Gasteiger charge is 2.41. The Morgan fingerprint density at radius 2 is 1.45 bits per heavy atom. The number of thiocarbonyl (C=S) groups is 1. The van der Waals surface area contributed by atoms with E-state index < -0.39 is 11.8 Å². The fourth-order valence-corrected chi connectivity index (χ4v) is 4.13. The number of carbonyl (C=O) groups excluding carboxylic acids is 2. The molecule has 0 atom stereocenters. The molecule has 0 aliphatic carbocycles. The molecule has 4 rings (SSSR count). The summed E-state index contributed by atoms with van der Waals surface area (Å²) in [6.45, 7) is 0.0517. The normalized spacial score (nSPS) is 13.7. The molecule has 0 saturated carbocycles. The molecule has 5 nitrogen and oxygen atoms in total. The highest BCUT2D eigenvalue weighted by Crippen LogP contribution is 2.32. The van der Waals surface area contributed by atoms with Gasteiger partial charge in [0.1, 0.15) is 17.9 Å². The number of anilines is 2. The van der Waals surface area contributed by atoms with Crippen molar-refractivity contribution in [1.29, 1.82) is 0 Å². The van der Waals surface area contributed by atoms with Crippen LogP contribution in [0, 0.1) is 12.3 Å². The van der Waals surface area contributed by atoms with Crippen molar-refractivity contribution in [2.75, 3.05) is 16.4 Å². The van der Waals surface area contributed by atoms with Crippen LogP contribution in [-0.2, 0) is 9.59 Å². The second-order valence-corrected chi connectivity index (χ2v) is 8.25. The minimum atomic E-state index is -0.522. The summed E-state index contributed by atoms with van der Waals surface area (Å²) in [4.78, 5) is 29.9. The smallest absolute Gasteiger partial charge is 0.270 e. The van der Waals surface area contributed by atoms with Gasteiger partial charge in [-0.25, -0.2) is 0 Å². The standard InChI is InChI=1S/C26H17BrN2O3S/c1-2-15-32-23-14-13-19(27)16-18(23)17-22-24(30)28(20-9-5-3-6-10-20)26(33)29(25(22)31)21-11-7-4-8-12-21/h1,3-14,16-17H,15H2. The van der Waals surface area contributed by atoms with E-state index in [0.29, 0.717) is 22.7 Å². The van der Waals surface area contributed by atoms with Crippen LogP contribution in [-0.4, -0.2) is 23.5 Å². The number of amides is 2. The van der Waals surface area contributed by atoms with Gasteiger partial charge in [-0.1, -0.05) is 58.2 Å². The predicted molar refractivity (Wildman–Crippen MR) is 137 cm³/mol. The number of terminal acetylenes is 1. The zero-order valence-corrected chi connectivity index (χ0v) is 19.7. The van der Waals surface area contributed by atoms with Crippen LogP contribution in [0.3, 0.4) is 0 Å². The van der Waals surface area contributed by atoms with Crippen molar-refractivity contribution >= 4 is 62.5 Å². The number of hydrogen-bond donors (Lipinski definition) is 0. The van der Waals surface area contributed by atoms with Crippen molar-refractivity contribution in [2.24, 2.45) is 0 Å². The van der Waals surface area contributed by atoms with Crippen molar-refractivity contribution in [2.45, 2.75) is 0 Å². The van der Waals surface area contributed by atoms with Crippen LogP contribution < -0.4 is 14.5 Å². The third kappa shape index (κ3) is 4.58. The van der Waals surface area contributed by atoms with Crippen LogP contribution in [0.1, 0.15) is 5.56 Å². The summed E-state index contributed by atoms with van der Waals surface area (Å²) >= 11 is 9.05. The maximum absolute atomic E-state index is 13.6. The predicted octanol–water partition coefficient (Wildman–Crippen LogP) is 5.21. The lowest BCUT2D eigenvalue weighted by Gasteiger charge is -2.36. The molecule has 162 valence electrons. The molecule has 3 aromatic rings. The maximum atomic E-state index is 13.6. The molecule has 1 heterocycles. The molecule has 7 heteroatoms. The average Bonchev–Trinajstić information content (AvgIpc) is 2.83. The first-order valence-electron chi connectivity index (χ1n) is 9.91. The van der Waals surface area contributed by atoms with E-state index in [4.69, 9.17) is 23.4 Å². The molecule has 0 bridgehead atoms. The van der Waals surface area contributed by atoms with Gasteiger partial charge in [0, 0.05) is 10.0 Å². The van der Waals surface area contributed by atoms with E-state index in [1.807, 2.05) is 12.1 Å². The Balaban J connectivity index is 1.88. The molecule has 3 aromatic carbocycles. The number of halogens is 1. The molecule has 0 spiro atoms. The number of nitrogens with zero attached hydrogens (tertiary/aromatic N) is 2. The van der Waals surface area contributed by atoms with Gasteiger partial charge in [0.2, 0.25) is 0 Å². The quantitative estimate of drug-likeness (QED) is 0.202. The van der Waals surface area contributed by atoms with Gasteiger partial charge in [0.05, 0.1) is 11.4 Å². The number of benzene rings is 3. The van der Waals surface area contributed by atoms with Crippen LogP contribution in [0.25, 0.3) is 6.08 Å². The SMILES string of the molecule is C#CCOc1ccc(Br)cc1C=C1C(=O)N(c2ccccc2)C(=S)N(c2ccccc2)C1=O. The zero-order valence-electron chi connectivity index (χ0n) is 17.3. The molecule has 1 saturated heterocycles. The van der Waals surface area contributed by atoms with Crippen LogP contribution in [0.4, 0.5) is 11.4 Å². The Morgan fingerprint density at radius 1 is 0.909 bits per heavy atom. The second kappa shape index (κ2) is 9.82. The van der Waals surface area contributed by atoms with Gasteiger partial charge in [-0.2, -0.15) is 0 Å². The first-order chi connectivity index (χ1) is 16.0. The van der Waals surface area contributed by atoms with Crippen LogP contribution in [0.5, 0.6) is 5.75 Å². The Bertz CT molecular complexity index is 1240. The first kappa shape index (κ1) is 22.5. The highest BCUT2D eigenvalue weighted by molar-refractivity contribution is 9.10. The van der Waals surface area contributed by atoms with E-state index in [-0.39, 0.29) is 17.3 Å². The molecular weight excluding hydrogens is 500 g/mol. The summed E-state index contributed by atoms with van der Waals surface area (Å²) in [6.07, 6.45) is 6.84. The second-order valence-electron chi connectivity index (χ2n) is 6.97. The Kier molecular flexibility index (Phi) is 6.68. The van der Waals surface area contributed by atoms with Crippen molar-refractivity contribution < 1.29 is 14.3 Å². The van der Waals surface area contributed by atoms with Crippen molar-refractivity contribution in [3.63, 3.8) is 0 Å². The fourth-order valence-electron chi connectivity index (χ4n) is 3.38. The van der Waals surface area contributed by atoms with Gasteiger partial charge in [-0.3, -0.25) is 19.4 Å². The van der Waals surface area contributed by atoms with E-state index in [2.05, 4.69) is 21.9 Å². The fraction of sp³-hybridized carbons (Fsp3) is 0.0385. The molecule has 0 aromatic heterocycles. The number of para-hydroxylation sites is 2. The van der Waals surface area contributed by atoms with Gasteiger partial charge >= 0.3 is 0 Å². The van der Waals surface area contributed by atoms with E-state index >= 15 is 0 Å². The molecule has 0 N–H and O–H groups in total. The van der Waals surface area contributed by atoms with E-state index in [0.717, 1.165) is 4.47 Å². The van der Waals surface area contributed by atoms with Gasteiger partial charge in [-0.05, 0) is 60.8 Å². The van der Waals surface area contributed by atoms with Gasteiger partial charge < -0.3 is 4.74 Å². The summed E-state index contributed by atoms with van der Waals surface area (Å²) in [7, 11) is 0. The number of hydrogen-bond acceptors (Lipinski definition) is 4. The molecule has 0 unspecified atom stereocenters. The zero-order chi connectivity index (χ0) is 23.4. The number of carbonyl (C=O) groups is 2. The van der Waals surface area contributed by atoms with Gasteiger partial charge in [0.25, 0.3) is 11.8 Å². The van der Waals surface area contributed by atoms with Crippen molar-refractivity contribution in [1.82, 2.24) is 0 Å². The maximum Gasteiger partial charge on any atom is 0.270 e. The average molecular weight is 517 g/mol. The van der Waals surface area contributed by atoms with Gasteiger partial charge in [0.15, 0.2) is 5.11 Å². The third-order valence-corrected chi connectivity index (χ3v) is 5.72. The number of rotatable bonds is 5. The molecule has 1 fully saturated rings. The minimum absolute atomic E-state index is 0.0517. The monoisotopic (exact) mass is 516 g/mol. The largest absolute Gasteiger partial charge is 0.480 e. The van der Waals surface area contributed by atoms with Gasteiger partial charge in [-0.15, -0.1) is 6.42 Å². The van der Waals surface area contributed by atoms with E-state index in [1.54, 1.807) is 66.7 Å². The molecule has 0 radical (unpaired) electrons. The topological polar surface area (TPSA) is 49.9 Å². The summed E-state index contributed by atoms with van der Waals surface area (Å²) in [6, 6.07) is 23.2. The summed E-state index contributed by atoms with van der Waals surface area (Å²) < 4.78 is 6.38. The minimum Gasteiger partial charge on any atom is -0.480 e. The molecule has 1 aliphatic heterocycles. The van der Waals surface area contributed by atoms with Crippen molar-refractivity contribution in [3.8, 4) is 18.1 Å². The summed E-state index contributed by atoms with van der Waals surface area (Å²) in [5.41, 5.74) is 1.60. The molecule has 1 aliphatic rings. The van der Waals surface area contributed by atoms with Crippen molar-refractivity contribution in [3.05, 3.63) is 94.5 Å². The number of ether oxygens (including phenoxy) is 1. The Morgan fingerprint density at radius 3 is 1.97 bits per heavy atom. The summed E-state index contributed by atoms with van der Waals surface area (Å²) in [5.74, 6) is 1.83. The molecule has 2 amide bonds. The molecule has 33 heavy (non-hydrogen) atoms. The lowest BCUT2D eigenvalue weighted by atomic mass is 10.0. The lowest BCUT2D eigenvalue weighted by molar-refractivity contribution is -0.120. The van der Waals surface area contributed by atoms with E-state index in [9.17, 15) is 9.59 Å². The van der Waals surface area contributed by atoms with Crippen LogP contribution in [0.15, 0.2) is 88.9 Å². The first-order valence-corrected chi connectivity index (χ1v) is 11.1. The highest BCUT2D eigenvalue weighted by atomic mass is 79.9. The lowest BCUT2D eigenvalue weighted by Crippen LogP contribution is -2.56. The summed E-state index contributed by atoms with van der Waals surface area (Å²) in [5, 5.41) is 0.0811. The van der Waals surface area contributed by atoms with E-state index in [1.165, 1.54) is 15.9 Å². The van der Waals surface area contributed by atoms with Crippen LogP contribution in [0.2, 0.25) is 0 Å². The molecular formula is C26H17BrN2O3S.